The van der Waals surface area contributed by atoms with E-state index >= 15 is 0 Å². The summed E-state index contributed by atoms with van der Waals surface area (Å²) in [5, 5.41) is 9.21. The van der Waals surface area contributed by atoms with E-state index in [1.54, 1.807) is 0 Å². The van der Waals surface area contributed by atoms with Crippen LogP contribution in [0.3, 0.4) is 0 Å². The number of aliphatic hydroxyl groups is 1. The Morgan fingerprint density at radius 3 is 2.54 bits per heavy atom. The highest BCUT2D eigenvalue weighted by Gasteiger charge is 2.40. The van der Waals surface area contributed by atoms with Crippen LogP contribution in [0.4, 0.5) is 13.2 Å². The molecule has 1 rings (SSSR count). The third-order valence-corrected chi connectivity index (χ3v) is 2.04. The van der Waals surface area contributed by atoms with Gasteiger partial charge in [0.25, 0.3) is 0 Å². The van der Waals surface area contributed by atoms with E-state index in [9.17, 15) is 18.3 Å². The number of hydrogen-bond acceptors (Lipinski definition) is 2. The van der Waals surface area contributed by atoms with Crippen molar-refractivity contribution in [1.82, 2.24) is 0 Å². The fourth-order valence-corrected chi connectivity index (χ4v) is 1.24. The van der Waals surface area contributed by atoms with Crippen LogP contribution >= 0.6 is 0 Å². The van der Waals surface area contributed by atoms with Gasteiger partial charge in [0.2, 0.25) is 0 Å². The third kappa shape index (κ3) is 2.45. The Morgan fingerprint density at radius 1 is 1.54 bits per heavy atom. The summed E-state index contributed by atoms with van der Waals surface area (Å²) in [6.07, 6.45) is -5.76. The van der Waals surface area contributed by atoms with Gasteiger partial charge in [-0.1, -0.05) is 6.58 Å². The van der Waals surface area contributed by atoms with E-state index in [0.29, 0.717) is 19.4 Å². The number of alkyl halides is 3. The topological polar surface area (TPSA) is 29.5 Å². The molecule has 76 valence electrons. The van der Waals surface area contributed by atoms with Crippen LogP contribution in [-0.4, -0.2) is 30.1 Å². The number of rotatable bonds is 2. The van der Waals surface area contributed by atoms with Crippen LogP contribution in [0.5, 0.6) is 0 Å². The fourth-order valence-electron chi connectivity index (χ4n) is 1.24. The maximum atomic E-state index is 12.0. The van der Waals surface area contributed by atoms with E-state index in [2.05, 4.69) is 6.58 Å². The average molecular weight is 196 g/mol. The van der Waals surface area contributed by atoms with Crippen LogP contribution in [0.2, 0.25) is 0 Å². The molecule has 1 saturated heterocycles. The van der Waals surface area contributed by atoms with Gasteiger partial charge in [0.1, 0.15) is 6.10 Å². The molecule has 1 aliphatic rings. The highest BCUT2D eigenvalue weighted by Crippen LogP contribution is 2.30. The normalized spacial score (nSPS) is 26.0. The zero-order chi connectivity index (χ0) is 10.1. The third-order valence-electron chi connectivity index (χ3n) is 2.04. The van der Waals surface area contributed by atoms with E-state index in [1.165, 1.54) is 0 Å². The maximum Gasteiger partial charge on any atom is 0.414 e. The van der Waals surface area contributed by atoms with Crippen LogP contribution in [0.25, 0.3) is 0 Å². The smallest absolute Gasteiger partial charge is 0.386 e. The van der Waals surface area contributed by atoms with Crippen molar-refractivity contribution >= 4 is 0 Å². The quantitative estimate of drug-likeness (QED) is 0.680. The van der Waals surface area contributed by atoms with Gasteiger partial charge in [-0.2, -0.15) is 13.2 Å². The molecule has 0 aliphatic carbocycles. The van der Waals surface area contributed by atoms with Gasteiger partial charge in [0, 0.05) is 6.61 Å². The molecular formula is C8H11F3O2. The Kier molecular flexibility index (Phi) is 2.98. The lowest BCUT2D eigenvalue weighted by molar-refractivity contribution is -0.115. The zero-order valence-corrected chi connectivity index (χ0v) is 6.97. The Morgan fingerprint density at radius 2 is 2.15 bits per heavy atom. The van der Waals surface area contributed by atoms with Gasteiger partial charge in [-0.05, 0) is 12.8 Å². The van der Waals surface area contributed by atoms with E-state index < -0.39 is 24.0 Å². The highest BCUT2D eigenvalue weighted by molar-refractivity contribution is 5.11. The minimum absolute atomic E-state index is 0.410. The zero-order valence-electron chi connectivity index (χ0n) is 6.97. The molecule has 0 bridgehead atoms. The summed E-state index contributed by atoms with van der Waals surface area (Å²) in [5.74, 6) is 0. The summed E-state index contributed by atoms with van der Waals surface area (Å²) in [4.78, 5) is 0. The first-order chi connectivity index (χ1) is 5.93. The Labute approximate surface area is 74.0 Å². The monoisotopic (exact) mass is 196 g/mol. The van der Waals surface area contributed by atoms with Gasteiger partial charge in [0.15, 0.2) is 0 Å². The molecule has 13 heavy (non-hydrogen) atoms. The van der Waals surface area contributed by atoms with Gasteiger partial charge >= 0.3 is 6.18 Å². The van der Waals surface area contributed by atoms with Gasteiger partial charge in [-0.3, -0.25) is 0 Å². The molecular weight excluding hydrogens is 185 g/mol. The second kappa shape index (κ2) is 3.67. The lowest BCUT2D eigenvalue weighted by atomic mass is 10.0. The van der Waals surface area contributed by atoms with Crippen molar-refractivity contribution in [3.63, 3.8) is 0 Å². The summed E-state index contributed by atoms with van der Waals surface area (Å²) in [7, 11) is 0. The number of aliphatic hydroxyl groups excluding tert-OH is 1. The second-order valence-electron chi connectivity index (χ2n) is 3.02. The van der Waals surface area contributed by atoms with Crippen LogP contribution in [-0.2, 0) is 4.74 Å². The first-order valence-corrected chi connectivity index (χ1v) is 3.98. The molecule has 1 heterocycles. The highest BCUT2D eigenvalue weighted by atomic mass is 19.4. The van der Waals surface area contributed by atoms with Gasteiger partial charge in [0.05, 0.1) is 11.7 Å². The SMILES string of the molecule is C=C(C(O)C1CCCO1)C(F)(F)F. The van der Waals surface area contributed by atoms with E-state index in [-0.39, 0.29) is 0 Å². The summed E-state index contributed by atoms with van der Waals surface area (Å²) < 4.78 is 41.0. The molecule has 0 radical (unpaired) electrons. The van der Waals surface area contributed by atoms with E-state index in [4.69, 9.17) is 4.74 Å². The van der Waals surface area contributed by atoms with Crippen LogP contribution in [0.1, 0.15) is 12.8 Å². The van der Waals surface area contributed by atoms with Crippen molar-refractivity contribution in [3.8, 4) is 0 Å². The van der Waals surface area contributed by atoms with Crippen LogP contribution in [0, 0.1) is 0 Å². The molecule has 0 aromatic rings. The van der Waals surface area contributed by atoms with Gasteiger partial charge in [-0.15, -0.1) is 0 Å². The van der Waals surface area contributed by atoms with Crippen molar-refractivity contribution in [2.45, 2.75) is 31.2 Å². The minimum Gasteiger partial charge on any atom is -0.386 e. The Hall–Kier alpha value is -0.550. The second-order valence-corrected chi connectivity index (χ2v) is 3.02. The van der Waals surface area contributed by atoms with Crippen molar-refractivity contribution in [1.29, 1.82) is 0 Å². The largest absolute Gasteiger partial charge is 0.414 e. The summed E-state index contributed by atoms with van der Waals surface area (Å²) in [6, 6.07) is 0. The lowest BCUT2D eigenvalue weighted by Gasteiger charge is -2.21. The molecule has 5 heteroatoms. The van der Waals surface area contributed by atoms with Gasteiger partial charge < -0.3 is 9.84 Å². The van der Waals surface area contributed by atoms with Crippen molar-refractivity contribution in [2.24, 2.45) is 0 Å². The maximum absolute atomic E-state index is 12.0. The van der Waals surface area contributed by atoms with Crippen molar-refractivity contribution in [3.05, 3.63) is 12.2 Å². The molecule has 1 fully saturated rings. The molecule has 0 aromatic carbocycles. The number of hydrogen-bond donors (Lipinski definition) is 1. The van der Waals surface area contributed by atoms with Gasteiger partial charge in [-0.25, -0.2) is 0 Å². The first-order valence-electron chi connectivity index (χ1n) is 3.98. The molecule has 0 saturated carbocycles. The first kappa shape index (κ1) is 10.5. The molecule has 0 spiro atoms. The summed E-state index contributed by atoms with van der Waals surface area (Å²) >= 11 is 0. The molecule has 0 amide bonds. The van der Waals surface area contributed by atoms with E-state index in [1.807, 2.05) is 0 Å². The minimum atomic E-state index is -4.54. The molecule has 2 nitrogen and oxygen atoms in total. The molecule has 1 aliphatic heterocycles. The molecule has 2 atom stereocenters. The Bertz CT molecular complexity index is 194. The van der Waals surface area contributed by atoms with Crippen molar-refractivity contribution < 1.29 is 23.0 Å². The predicted molar refractivity (Wildman–Crippen MR) is 40.2 cm³/mol. The molecule has 0 aromatic heterocycles. The summed E-state index contributed by atoms with van der Waals surface area (Å²) in [6.45, 7) is 3.23. The standard InChI is InChI=1S/C8H11F3O2/c1-5(8(9,10)11)7(12)6-3-2-4-13-6/h6-7,12H,1-4H2. The number of halogens is 3. The molecule has 2 unspecified atom stereocenters. The van der Waals surface area contributed by atoms with E-state index in [0.717, 1.165) is 0 Å². The van der Waals surface area contributed by atoms with Crippen molar-refractivity contribution in [2.75, 3.05) is 6.61 Å². The predicted octanol–water partition coefficient (Wildman–Crippen LogP) is 1.64. The van der Waals surface area contributed by atoms with Crippen LogP contribution in [0.15, 0.2) is 12.2 Å². The Balaban J connectivity index is 2.56. The lowest BCUT2D eigenvalue weighted by Crippen LogP contribution is -2.33. The number of ether oxygens (including phenoxy) is 1. The molecule has 1 N–H and O–H groups in total. The van der Waals surface area contributed by atoms with Crippen LogP contribution < -0.4 is 0 Å². The summed E-state index contributed by atoms with van der Waals surface area (Å²) in [5.41, 5.74) is -1.13. The average Bonchev–Trinajstić information content (AvgIpc) is 2.51. The fraction of sp³-hybridized carbons (Fsp3) is 0.750.